The largest absolute Gasteiger partial charge is 0.376 e. The van der Waals surface area contributed by atoms with E-state index in [0.29, 0.717) is 5.69 Å². The van der Waals surface area contributed by atoms with Crippen LogP contribution in [0.25, 0.3) is 0 Å². The minimum Gasteiger partial charge on any atom is -0.376 e. The molecule has 2 N–H and O–H groups in total. The van der Waals surface area contributed by atoms with Crippen LogP contribution in [0.15, 0.2) is 77.7 Å². The summed E-state index contributed by atoms with van der Waals surface area (Å²) in [4.78, 5) is 12.7. The number of sulfonamides is 1. The molecule has 7 heteroatoms. The summed E-state index contributed by atoms with van der Waals surface area (Å²) in [6.45, 7) is 1.89. The van der Waals surface area contributed by atoms with Gasteiger partial charge in [-0.1, -0.05) is 54.6 Å². The third-order valence-corrected chi connectivity index (χ3v) is 6.77. The van der Waals surface area contributed by atoms with Gasteiger partial charge in [0, 0.05) is 25.5 Å². The van der Waals surface area contributed by atoms with Gasteiger partial charge in [-0.2, -0.15) is 0 Å². The fourth-order valence-electron chi connectivity index (χ4n) is 3.14. The first-order valence-electron chi connectivity index (χ1n) is 9.96. The first-order valence-corrected chi connectivity index (χ1v) is 11.4. The second kappa shape index (κ2) is 9.76. The number of anilines is 2. The number of carbonyl (C=O) groups excluding carboxylic acids is 1. The van der Waals surface area contributed by atoms with Gasteiger partial charge in [0.15, 0.2) is 0 Å². The van der Waals surface area contributed by atoms with Crippen molar-refractivity contribution in [1.82, 2.24) is 4.31 Å². The van der Waals surface area contributed by atoms with Crippen LogP contribution in [0.5, 0.6) is 0 Å². The minimum atomic E-state index is -3.58. The SMILES string of the molecule is Cc1ccc(S(=O)(=O)N(C)C)cc1NC(=O)CNc1ccccc1Cc1ccccc1. The molecule has 3 aromatic rings. The third-order valence-electron chi connectivity index (χ3n) is 4.96. The van der Waals surface area contributed by atoms with Gasteiger partial charge in [-0.3, -0.25) is 4.79 Å². The molecule has 0 aliphatic heterocycles. The van der Waals surface area contributed by atoms with Crippen molar-refractivity contribution in [1.29, 1.82) is 0 Å². The minimum absolute atomic E-state index is 0.0654. The molecule has 3 rings (SSSR count). The lowest BCUT2D eigenvalue weighted by atomic mass is 10.0. The van der Waals surface area contributed by atoms with Crippen LogP contribution in [0.3, 0.4) is 0 Å². The Morgan fingerprint density at radius 2 is 1.58 bits per heavy atom. The Hall–Kier alpha value is -3.16. The maximum atomic E-state index is 12.6. The molecule has 0 aliphatic rings. The lowest BCUT2D eigenvalue weighted by Crippen LogP contribution is -2.24. The number of nitrogens with one attached hydrogen (secondary N) is 2. The van der Waals surface area contributed by atoms with Crippen LogP contribution >= 0.6 is 0 Å². The number of hydrogen-bond donors (Lipinski definition) is 2. The number of hydrogen-bond acceptors (Lipinski definition) is 4. The lowest BCUT2D eigenvalue weighted by molar-refractivity contribution is -0.114. The summed E-state index contributed by atoms with van der Waals surface area (Å²) in [6, 6.07) is 22.7. The van der Waals surface area contributed by atoms with E-state index in [0.717, 1.165) is 27.5 Å². The van der Waals surface area contributed by atoms with Crippen molar-refractivity contribution in [2.45, 2.75) is 18.2 Å². The monoisotopic (exact) mass is 437 g/mol. The van der Waals surface area contributed by atoms with Gasteiger partial charge in [-0.25, -0.2) is 12.7 Å². The molecule has 31 heavy (non-hydrogen) atoms. The highest BCUT2D eigenvalue weighted by molar-refractivity contribution is 7.89. The van der Waals surface area contributed by atoms with E-state index in [1.165, 1.54) is 25.7 Å². The van der Waals surface area contributed by atoms with Crippen LogP contribution in [0.1, 0.15) is 16.7 Å². The topological polar surface area (TPSA) is 78.5 Å². The van der Waals surface area contributed by atoms with E-state index in [-0.39, 0.29) is 17.3 Å². The highest BCUT2D eigenvalue weighted by Crippen LogP contribution is 2.22. The van der Waals surface area contributed by atoms with Crippen molar-refractivity contribution in [3.05, 3.63) is 89.5 Å². The first kappa shape index (κ1) is 22.5. The van der Waals surface area contributed by atoms with E-state index >= 15 is 0 Å². The van der Waals surface area contributed by atoms with E-state index in [9.17, 15) is 13.2 Å². The van der Waals surface area contributed by atoms with Gasteiger partial charge in [0.05, 0.1) is 11.4 Å². The second-order valence-electron chi connectivity index (χ2n) is 7.49. The predicted octanol–water partition coefficient (Wildman–Crippen LogP) is 3.89. The molecule has 0 fully saturated rings. The summed E-state index contributed by atoms with van der Waals surface area (Å²) in [5.41, 5.74) is 4.44. The van der Waals surface area contributed by atoms with Gasteiger partial charge >= 0.3 is 0 Å². The Bertz CT molecular complexity index is 1160. The molecule has 0 heterocycles. The zero-order valence-corrected chi connectivity index (χ0v) is 18.7. The molecule has 0 radical (unpaired) electrons. The Balaban J connectivity index is 1.69. The fraction of sp³-hybridized carbons (Fsp3) is 0.208. The molecule has 0 aliphatic carbocycles. The van der Waals surface area contributed by atoms with E-state index in [4.69, 9.17) is 0 Å². The first-order chi connectivity index (χ1) is 14.8. The summed E-state index contributed by atoms with van der Waals surface area (Å²) < 4.78 is 25.9. The summed E-state index contributed by atoms with van der Waals surface area (Å²) in [6.07, 6.45) is 0.759. The number of benzene rings is 3. The smallest absolute Gasteiger partial charge is 0.243 e. The average molecular weight is 438 g/mol. The molecule has 0 saturated carbocycles. The zero-order valence-electron chi connectivity index (χ0n) is 17.9. The van der Waals surface area contributed by atoms with Crippen molar-refractivity contribution in [3.63, 3.8) is 0 Å². The number of para-hydroxylation sites is 1. The maximum Gasteiger partial charge on any atom is 0.243 e. The van der Waals surface area contributed by atoms with E-state index < -0.39 is 10.0 Å². The lowest BCUT2D eigenvalue weighted by Gasteiger charge is -2.15. The van der Waals surface area contributed by atoms with Gasteiger partial charge in [0.1, 0.15) is 0 Å². The molecular formula is C24H27N3O3S. The average Bonchev–Trinajstić information content (AvgIpc) is 2.75. The van der Waals surface area contributed by atoms with Crippen LogP contribution in [0.2, 0.25) is 0 Å². The number of carbonyl (C=O) groups is 1. The summed E-state index contributed by atoms with van der Waals surface area (Å²) >= 11 is 0. The number of aryl methyl sites for hydroxylation is 1. The number of rotatable bonds is 8. The van der Waals surface area contributed by atoms with Crippen molar-refractivity contribution in [2.24, 2.45) is 0 Å². The van der Waals surface area contributed by atoms with Crippen LogP contribution in [-0.2, 0) is 21.2 Å². The summed E-state index contributed by atoms with van der Waals surface area (Å²) in [5, 5.41) is 6.01. The Morgan fingerprint density at radius 3 is 2.29 bits per heavy atom. The van der Waals surface area contributed by atoms with Crippen LogP contribution in [0, 0.1) is 6.92 Å². The highest BCUT2D eigenvalue weighted by Gasteiger charge is 2.18. The van der Waals surface area contributed by atoms with Crippen molar-refractivity contribution >= 4 is 27.3 Å². The van der Waals surface area contributed by atoms with Crippen molar-refractivity contribution in [3.8, 4) is 0 Å². The van der Waals surface area contributed by atoms with Gasteiger partial charge in [0.25, 0.3) is 0 Å². The molecule has 0 atom stereocenters. The standard InChI is InChI=1S/C24H27N3O3S/c1-18-13-14-21(31(29,30)27(2)3)16-23(18)26-24(28)17-25-22-12-8-7-11-20(22)15-19-9-5-4-6-10-19/h4-14,16,25H,15,17H2,1-3H3,(H,26,28). The molecule has 0 unspecified atom stereocenters. The van der Waals surface area contributed by atoms with E-state index in [1.54, 1.807) is 12.1 Å². The molecule has 162 valence electrons. The summed E-state index contributed by atoms with van der Waals surface area (Å²) in [7, 11) is -0.623. The number of nitrogens with zero attached hydrogens (tertiary/aromatic N) is 1. The van der Waals surface area contributed by atoms with Gasteiger partial charge in [-0.05, 0) is 48.2 Å². The van der Waals surface area contributed by atoms with Gasteiger partial charge < -0.3 is 10.6 Å². The molecule has 6 nitrogen and oxygen atoms in total. The molecule has 0 aromatic heterocycles. The molecule has 0 saturated heterocycles. The van der Waals surface area contributed by atoms with Crippen molar-refractivity contribution in [2.75, 3.05) is 31.3 Å². The Labute approximate surface area is 184 Å². The normalized spacial score (nSPS) is 11.4. The van der Waals surface area contributed by atoms with E-state index in [1.807, 2.05) is 49.4 Å². The maximum absolute atomic E-state index is 12.6. The van der Waals surface area contributed by atoms with Gasteiger partial charge in [0.2, 0.25) is 15.9 Å². The molecule has 0 bridgehead atoms. The third kappa shape index (κ3) is 5.71. The molecule has 1 amide bonds. The quantitative estimate of drug-likeness (QED) is 0.561. The second-order valence-corrected chi connectivity index (χ2v) is 9.64. The predicted molar refractivity (Wildman–Crippen MR) is 125 cm³/mol. The van der Waals surface area contributed by atoms with Crippen molar-refractivity contribution < 1.29 is 13.2 Å². The van der Waals surface area contributed by atoms with Crippen LogP contribution in [0.4, 0.5) is 11.4 Å². The van der Waals surface area contributed by atoms with Crippen LogP contribution in [-0.4, -0.2) is 39.3 Å². The van der Waals surface area contributed by atoms with E-state index in [2.05, 4.69) is 22.8 Å². The molecule has 0 spiro atoms. The highest BCUT2D eigenvalue weighted by atomic mass is 32.2. The number of amides is 1. The summed E-state index contributed by atoms with van der Waals surface area (Å²) in [5.74, 6) is -0.253. The Morgan fingerprint density at radius 1 is 0.903 bits per heavy atom. The fourth-order valence-corrected chi connectivity index (χ4v) is 4.07. The van der Waals surface area contributed by atoms with Gasteiger partial charge in [-0.15, -0.1) is 0 Å². The zero-order chi connectivity index (χ0) is 22.4. The molecule has 3 aromatic carbocycles. The molecular weight excluding hydrogens is 410 g/mol. The Kier molecular flexibility index (Phi) is 7.09. The van der Waals surface area contributed by atoms with Crippen LogP contribution < -0.4 is 10.6 Å².